The summed E-state index contributed by atoms with van der Waals surface area (Å²) in [5.74, 6) is -2.72. The number of likely N-dealkylation sites (N-methyl/N-ethyl adjacent to an activating group) is 1. The van der Waals surface area contributed by atoms with E-state index in [2.05, 4.69) is 34.1 Å². The van der Waals surface area contributed by atoms with E-state index in [1.165, 1.54) is 10.6 Å². The van der Waals surface area contributed by atoms with Gasteiger partial charge in [-0.3, -0.25) is 18.8 Å². The molecular weight excluding hydrogens is 569 g/mol. The van der Waals surface area contributed by atoms with Crippen molar-refractivity contribution < 1.29 is 27.9 Å². The van der Waals surface area contributed by atoms with Gasteiger partial charge in [0.25, 0.3) is 5.56 Å². The normalized spacial score (nSPS) is 15.1. The molecule has 0 bridgehead atoms. The number of nitrogens with one attached hydrogen (secondary N) is 2. The van der Waals surface area contributed by atoms with E-state index >= 15 is 0 Å². The third kappa shape index (κ3) is 7.24. The molecule has 0 saturated carbocycles. The molecule has 1 aliphatic rings. The number of alkyl halides is 3. The van der Waals surface area contributed by atoms with Gasteiger partial charge in [-0.1, -0.05) is 12.6 Å². The first-order valence-electron chi connectivity index (χ1n) is 13.0. The average Bonchev–Trinajstić information content (AvgIpc) is 3.53. The van der Waals surface area contributed by atoms with E-state index in [-0.39, 0.29) is 11.5 Å². The molecule has 0 spiro atoms. The molecule has 1 amide bonds. The van der Waals surface area contributed by atoms with Crippen molar-refractivity contribution in [3.63, 3.8) is 0 Å². The summed E-state index contributed by atoms with van der Waals surface area (Å²) in [6, 6.07) is 8.92. The minimum Gasteiger partial charge on any atom is -0.475 e. The number of carboxylic acid groups (broad SMARTS) is 1. The Hall–Kier alpha value is -5.05. The number of anilines is 3. The van der Waals surface area contributed by atoms with Gasteiger partial charge in [-0.25, -0.2) is 9.78 Å². The van der Waals surface area contributed by atoms with Gasteiger partial charge in [-0.05, 0) is 63.7 Å². The molecule has 43 heavy (non-hydrogen) atoms. The fourth-order valence-corrected chi connectivity index (χ4v) is 4.52. The number of aryl methyl sites for hydroxylation is 2. The molecule has 1 atom stereocenters. The number of likely N-dealkylation sites (tertiary alicyclic amines) is 1. The highest BCUT2D eigenvalue weighted by molar-refractivity contribution is 5.99. The van der Waals surface area contributed by atoms with E-state index in [1.807, 2.05) is 24.7 Å². The van der Waals surface area contributed by atoms with Gasteiger partial charge in [0, 0.05) is 36.1 Å². The fourth-order valence-electron chi connectivity index (χ4n) is 4.52. The fraction of sp³-hybridized carbons (Fsp3) is 0.286. The molecule has 226 valence electrons. The van der Waals surface area contributed by atoms with E-state index < -0.39 is 12.1 Å². The van der Waals surface area contributed by atoms with E-state index in [1.54, 1.807) is 36.5 Å². The monoisotopic (exact) mass is 598 g/mol. The van der Waals surface area contributed by atoms with E-state index in [0.29, 0.717) is 29.0 Å². The number of benzene rings is 1. The molecular formula is C28H29F3N8O4. The highest BCUT2D eigenvalue weighted by Crippen LogP contribution is 2.26. The number of carboxylic acids is 1. The summed E-state index contributed by atoms with van der Waals surface area (Å²) < 4.78 is 35.3. The zero-order valence-corrected chi connectivity index (χ0v) is 23.5. The van der Waals surface area contributed by atoms with Crippen LogP contribution >= 0.6 is 0 Å². The first kappa shape index (κ1) is 30.9. The number of hydrogen-bond donors (Lipinski definition) is 3. The third-order valence-corrected chi connectivity index (χ3v) is 6.67. The Bertz CT molecular complexity index is 1750. The van der Waals surface area contributed by atoms with Gasteiger partial charge in [-0.15, -0.1) is 0 Å². The summed E-state index contributed by atoms with van der Waals surface area (Å²) in [6.45, 7) is 9.30. The first-order valence-corrected chi connectivity index (χ1v) is 13.0. The van der Waals surface area contributed by atoms with E-state index in [4.69, 9.17) is 20.0 Å². The second-order valence-electron chi connectivity index (χ2n) is 9.92. The zero-order chi connectivity index (χ0) is 31.5. The Labute approximate surface area is 243 Å². The van der Waals surface area contributed by atoms with Crippen molar-refractivity contribution in [2.45, 2.75) is 32.5 Å². The molecule has 0 radical (unpaired) electrons. The van der Waals surface area contributed by atoms with Crippen molar-refractivity contribution in [3.05, 3.63) is 77.0 Å². The number of rotatable bonds is 6. The van der Waals surface area contributed by atoms with Crippen LogP contribution in [0.3, 0.4) is 0 Å². The summed E-state index contributed by atoms with van der Waals surface area (Å²) in [5.41, 5.74) is 3.80. The standard InChI is InChI=1S/C26H28N8O2.C2HF3O2/c1-5-23(35)28-18-7-6-8-19(12-18)34-24(36)11-16(2)21-13-27-26(30-25(21)34)29-22-15-33(31-17(22)3)20-9-10-32(4)14-20;3-2(4,5)1(6)7/h5-8,11-13,15,20H,1,9-10,14H2,2-4H3,(H,28,35)(H,27,29,30);(H,6,7). The molecule has 1 aliphatic heterocycles. The number of aliphatic carboxylic acids is 1. The Morgan fingerprint density at radius 3 is 2.56 bits per heavy atom. The smallest absolute Gasteiger partial charge is 0.475 e. The van der Waals surface area contributed by atoms with Crippen LogP contribution < -0.4 is 16.2 Å². The second-order valence-corrected chi connectivity index (χ2v) is 9.92. The maximum absolute atomic E-state index is 13.1. The molecule has 15 heteroatoms. The lowest BCUT2D eigenvalue weighted by molar-refractivity contribution is -0.192. The topological polar surface area (TPSA) is 147 Å². The van der Waals surface area contributed by atoms with Crippen LogP contribution in [-0.4, -0.2) is 72.5 Å². The third-order valence-electron chi connectivity index (χ3n) is 6.67. The van der Waals surface area contributed by atoms with Crippen molar-refractivity contribution in [1.82, 2.24) is 29.2 Å². The van der Waals surface area contributed by atoms with Crippen molar-refractivity contribution in [1.29, 1.82) is 0 Å². The van der Waals surface area contributed by atoms with Gasteiger partial charge in [0.05, 0.1) is 23.1 Å². The lowest BCUT2D eigenvalue weighted by Crippen LogP contribution is -2.21. The summed E-state index contributed by atoms with van der Waals surface area (Å²) in [7, 11) is 2.11. The predicted octanol–water partition coefficient (Wildman–Crippen LogP) is 3.97. The number of fused-ring (bicyclic) bond motifs is 1. The Morgan fingerprint density at radius 1 is 1.21 bits per heavy atom. The number of amides is 1. The molecule has 3 aromatic heterocycles. The van der Waals surface area contributed by atoms with Crippen LogP contribution in [0.2, 0.25) is 0 Å². The van der Waals surface area contributed by atoms with Gasteiger partial charge in [0.2, 0.25) is 11.9 Å². The molecule has 5 rings (SSSR count). The van der Waals surface area contributed by atoms with Crippen LogP contribution in [0.15, 0.2) is 60.2 Å². The molecule has 3 N–H and O–H groups in total. The molecule has 0 aliphatic carbocycles. The van der Waals surface area contributed by atoms with Gasteiger partial charge >= 0.3 is 12.1 Å². The van der Waals surface area contributed by atoms with Gasteiger partial charge in [-0.2, -0.15) is 23.3 Å². The number of nitrogens with zero attached hydrogens (tertiary/aromatic N) is 6. The Balaban J connectivity index is 0.000000541. The molecule has 12 nitrogen and oxygen atoms in total. The summed E-state index contributed by atoms with van der Waals surface area (Å²) in [4.78, 5) is 45.3. The molecule has 1 unspecified atom stereocenters. The highest BCUT2D eigenvalue weighted by Gasteiger charge is 2.38. The number of aromatic nitrogens is 5. The van der Waals surface area contributed by atoms with Gasteiger partial charge in [0.1, 0.15) is 0 Å². The Kier molecular flexibility index (Phi) is 8.94. The van der Waals surface area contributed by atoms with Crippen LogP contribution in [0.25, 0.3) is 16.7 Å². The van der Waals surface area contributed by atoms with Crippen LogP contribution in [0.5, 0.6) is 0 Å². The number of carbonyl (C=O) groups is 2. The van der Waals surface area contributed by atoms with Crippen LogP contribution in [-0.2, 0) is 9.59 Å². The first-order chi connectivity index (χ1) is 20.3. The minimum atomic E-state index is -5.08. The second kappa shape index (κ2) is 12.4. The van der Waals surface area contributed by atoms with Crippen molar-refractivity contribution >= 4 is 40.2 Å². The molecule has 4 aromatic rings. The summed E-state index contributed by atoms with van der Waals surface area (Å²) >= 11 is 0. The Morgan fingerprint density at radius 2 is 1.93 bits per heavy atom. The summed E-state index contributed by atoms with van der Waals surface area (Å²) in [5, 5.41) is 18.6. The van der Waals surface area contributed by atoms with Gasteiger partial charge < -0.3 is 20.6 Å². The summed E-state index contributed by atoms with van der Waals surface area (Å²) in [6.07, 6.45) is 0.870. The number of halogens is 3. The minimum absolute atomic E-state index is 0.230. The molecule has 4 heterocycles. The van der Waals surface area contributed by atoms with Crippen LogP contribution in [0, 0.1) is 13.8 Å². The van der Waals surface area contributed by atoms with E-state index in [0.717, 1.165) is 41.8 Å². The largest absolute Gasteiger partial charge is 0.490 e. The maximum atomic E-state index is 13.1. The highest BCUT2D eigenvalue weighted by atomic mass is 19.4. The molecule has 1 saturated heterocycles. The van der Waals surface area contributed by atoms with Gasteiger partial charge in [0.15, 0.2) is 5.65 Å². The van der Waals surface area contributed by atoms with E-state index in [9.17, 15) is 22.8 Å². The lowest BCUT2D eigenvalue weighted by atomic mass is 10.2. The number of carbonyl (C=O) groups excluding carboxylic acids is 1. The van der Waals surface area contributed by atoms with Crippen molar-refractivity contribution in [2.75, 3.05) is 30.8 Å². The molecule has 1 fully saturated rings. The SMILES string of the molecule is C=CC(=O)Nc1cccc(-n2c(=O)cc(C)c3cnc(Nc4cn(C5CCN(C)C5)nc4C)nc32)c1.O=C(O)C(F)(F)F. The zero-order valence-electron chi connectivity index (χ0n) is 23.5. The van der Waals surface area contributed by atoms with Crippen molar-refractivity contribution in [3.8, 4) is 5.69 Å². The quantitative estimate of drug-likeness (QED) is 0.281. The number of hydrogen-bond acceptors (Lipinski definition) is 8. The maximum Gasteiger partial charge on any atom is 0.490 e. The van der Waals surface area contributed by atoms with Crippen LogP contribution in [0.4, 0.5) is 30.5 Å². The lowest BCUT2D eigenvalue weighted by Gasteiger charge is -2.13. The predicted molar refractivity (Wildman–Crippen MR) is 154 cm³/mol. The van der Waals surface area contributed by atoms with Crippen molar-refractivity contribution in [2.24, 2.45) is 0 Å². The average molecular weight is 599 g/mol. The molecule has 1 aromatic carbocycles. The number of pyridine rings is 1. The van der Waals surface area contributed by atoms with Crippen LogP contribution in [0.1, 0.15) is 23.7 Å².